The maximum atomic E-state index is 11.6. The number of thioether (sulfide) groups is 1. The molecule has 3 aromatic carbocycles. The molecule has 1 amide bonds. The zero-order valence-corrected chi connectivity index (χ0v) is 17.6. The summed E-state index contributed by atoms with van der Waals surface area (Å²) in [5.41, 5.74) is 4.88. The lowest BCUT2D eigenvalue weighted by Crippen LogP contribution is -2.19. The molecule has 0 fully saturated rings. The Morgan fingerprint density at radius 1 is 1.00 bits per heavy atom. The van der Waals surface area contributed by atoms with Gasteiger partial charge in [-0.25, -0.2) is 4.98 Å². The summed E-state index contributed by atoms with van der Waals surface area (Å²) in [7, 11) is 0. The fraction of sp³-hybridized carbons (Fsp3) is 0.120. The van der Waals surface area contributed by atoms with E-state index < -0.39 is 0 Å². The first-order chi connectivity index (χ1) is 15.2. The fourth-order valence-electron chi connectivity index (χ4n) is 3.54. The monoisotopic (exact) mass is 427 g/mol. The second-order valence-electron chi connectivity index (χ2n) is 7.30. The Hall–Kier alpha value is -3.51. The lowest BCUT2D eigenvalue weighted by molar-refractivity contribution is -0.113. The van der Waals surface area contributed by atoms with Crippen molar-refractivity contribution in [2.75, 3.05) is 16.4 Å². The molecule has 0 atom stereocenters. The molecule has 1 aromatic heterocycles. The number of para-hydroxylation sites is 1. The minimum absolute atomic E-state index is 0.0420. The number of hydrogen-bond acceptors (Lipinski definition) is 5. The van der Waals surface area contributed by atoms with E-state index in [1.54, 1.807) is 11.8 Å². The Balaban J connectivity index is 1.24. The lowest BCUT2D eigenvalue weighted by Gasteiger charge is -2.20. The third kappa shape index (κ3) is 4.49. The molecule has 0 saturated carbocycles. The standard InChI is InChI=1S/C25H21N3O2S/c29-24-16-31-25-22(9-4-10-23(25)28-24)26-14-17-5-3-7-20(13-17)30-15-19-12-11-18-6-1-2-8-21(18)27-19/h1-13,26H,14-16H2,(H,28,29). The number of carbonyl (C=O) groups is 1. The molecule has 154 valence electrons. The van der Waals surface area contributed by atoms with Gasteiger partial charge in [-0.15, -0.1) is 11.8 Å². The summed E-state index contributed by atoms with van der Waals surface area (Å²) in [5.74, 6) is 1.30. The van der Waals surface area contributed by atoms with E-state index in [0.717, 1.165) is 44.2 Å². The van der Waals surface area contributed by atoms with E-state index in [1.807, 2.05) is 60.7 Å². The number of aromatic nitrogens is 1. The van der Waals surface area contributed by atoms with Gasteiger partial charge in [0.05, 0.1) is 33.2 Å². The smallest absolute Gasteiger partial charge is 0.234 e. The van der Waals surface area contributed by atoms with Crippen molar-refractivity contribution in [1.29, 1.82) is 0 Å². The van der Waals surface area contributed by atoms with Crippen molar-refractivity contribution in [2.24, 2.45) is 0 Å². The van der Waals surface area contributed by atoms with Crippen LogP contribution in [0.1, 0.15) is 11.3 Å². The van der Waals surface area contributed by atoms with Crippen LogP contribution in [0, 0.1) is 0 Å². The SMILES string of the molecule is O=C1CSc2c(NCc3cccc(OCc4ccc5ccccc5n4)c3)cccc2N1. The van der Waals surface area contributed by atoms with E-state index in [2.05, 4.69) is 33.8 Å². The molecule has 6 heteroatoms. The van der Waals surface area contributed by atoms with Crippen LogP contribution in [-0.4, -0.2) is 16.6 Å². The van der Waals surface area contributed by atoms with Gasteiger partial charge in [-0.3, -0.25) is 4.79 Å². The van der Waals surface area contributed by atoms with Gasteiger partial charge in [0.25, 0.3) is 0 Å². The zero-order valence-electron chi connectivity index (χ0n) is 16.8. The van der Waals surface area contributed by atoms with Gasteiger partial charge in [0, 0.05) is 11.9 Å². The van der Waals surface area contributed by atoms with E-state index in [-0.39, 0.29) is 5.91 Å². The molecule has 0 radical (unpaired) electrons. The van der Waals surface area contributed by atoms with Crippen LogP contribution in [0.3, 0.4) is 0 Å². The first-order valence-electron chi connectivity index (χ1n) is 10.1. The van der Waals surface area contributed by atoms with Crippen molar-refractivity contribution in [3.8, 4) is 5.75 Å². The first kappa shape index (κ1) is 19.5. The quantitative estimate of drug-likeness (QED) is 0.427. The summed E-state index contributed by atoms with van der Waals surface area (Å²) in [6, 6.07) is 26.1. The molecule has 0 bridgehead atoms. The largest absolute Gasteiger partial charge is 0.487 e. The van der Waals surface area contributed by atoms with E-state index in [0.29, 0.717) is 18.9 Å². The zero-order chi connectivity index (χ0) is 21.0. The van der Waals surface area contributed by atoms with Crippen molar-refractivity contribution < 1.29 is 9.53 Å². The predicted molar refractivity (Wildman–Crippen MR) is 126 cm³/mol. The highest BCUT2D eigenvalue weighted by Gasteiger charge is 2.18. The molecule has 5 rings (SSSR count). The van der Waals surface area contributed by atoms with E-state index in [1.165, 1.54) is 0 Å². The van der Waals surface area contributed by atoms with E-state index in [4.69, 9.17) is 4.74 Å². The number of anilines is 2. The summed E-state index contributed by atoms with van der Waals surface area (Å²) in [4.78, 5) is 17.4. The third-order valence-corrected chi connectivity index (χ3v) is 6.20. The molecular weight excluding hydrogens is 406 g/mol. The number of hydrogen-bond donors (Lipinski definition) is 2. The summed E-state index contributed by atoms with van der Waals surface area (Å²) >= 11 is 1.56. The molecule has 1 aliphatic rings. The molecule has 0 aliphatic carbocycles. The van der Waals surface area contributed by atoms with Crippen LogP contribution >= 0.6 is 11.8 Å². The van der Waals surface area contributed by atoms with Crippen LogP contribution in [-0.2, 0) is 17.9 Å². The van der Waals surface area contributed by atoms with Crippen molar-refractivity contribution >= 4 is 39.9 Å². The second-order valence-corrected chi connectivity index (χ2v) is 8.29. The lowest BCUT2D eigenvalue weighted by atomic mass is 10.2. The Labute approximate surface area is 184 Å². The number of benzene rings is 3. The van der Waals surface area contributed by atoms with Gasteiger partial charge in [0.15, 0.2) is 0 Å². The van der Waals surface area contributed by atoms with Crippen molar-refractivity contribution in [2.45, 2.75) is 18.0 Å². The number of ether oxygens (including phenoxy) is 1. The Morgan fingerprint density at radius 2 is 1.90 bits per heavy atom. The van der Waals surface area contributed by atoms with Crippen LogP contribution < -0.4 is 15.4 Å². The highest BCUT2D eigenvalue weighted by molar-refractivity contribution is 8.00. The summed E-state index contributed by atoms with van der Waals surface area (Å²) in [5, 5.41) is 7.54. The van der Waals surface area contributed by atoms with Gasteiger partial charge >= 0.3 is 0 Å². The molecule has 2 N–H and O–H groups in total. The van der Waals surface area contributed by atoms with Crippen LogP contribution in [0.25, 0.3) is 10.9 Å². The topological polar surface area (TPSA) is 63.2 Å². The Morgan fingerprint density at radius 3 is 2.87 bits per heavy atom. The van der Waals surface area contributed by atoms with Crippen LogP contribution in [0.15, 0.2) is 83.8 Å². The van der Waals surface area contributed by atoms with Crippen molar-refractivity contribution in [3.63, 3.8) is 0 Å². The minimum atomic E-state index is 0.0420. The number of amides is 1. The maximum absolute atomic E-state index is 11.6. The molecule has 0 unspecified atom stereocenters. The normalized spacial score (nSPS) is 12.8. The molecule has 4 aromatic rings. The molecular formula is C25H21N3O2S. The number of pyridine rings is 1. The average Bonchev–Trinajstić information content (AvgIpc) is 2.81. The van der Waals surface area contributed by atoms with Gasteiger partial charge in [-0.05, 0) is 42.0 Å². The van der Waals surface area contributed by atoms with Gasteiger partial charge in [-0.1, -0.05) is 42.5 Å². The van der Waals surface area contributed by atoms with Crippen LogP contribution in [0.5, 0.6) is 5.75 Å². The molecule has 5 nitrogen and oxygen atoms in total. The highest BCUT2D eigenvalue weighted by atomic mass is 32.2. The Kier molecular flexibility index (Phi) is 5.46. The molecule has 2 heterocycles. The molecule has 1 aliphatic heterocycles. The molecule has 0 saturated heterocycles. The number of rotatable bonds is 6. The Bertz CT molecular complexity index is 1260. The van der Waals surface area contributed by atoms with E-state index in [9.17, 15) is 4.79 Å². The fourth-order valence-corrected chi connectivity index (χ4v) is 4.46. The number of fused-ring (bicyclic) bond motifs is 2. The minimum Gasteiger partial charge on any atom is -0.487 e. The molecule has 31 heavy (non-hydrogen) atoms. The van der Waals surface area contributed by atoms with Crippen molar-refractivity contribution in [3.05, 3.63) is 90.1 Å². The number of nitrogens with zero attached hydrogens (tertiary/aromatic N) is 1. The van der Waals surface area contributed by atoms with Gasteiger partial charge < -0.3 is 15.4 Å². The van der Waals surface area contributed by atoms with Gasteiger partial charge in [-0.2, -0.15) is 0 Å². The summed E-state index contributed by atoms with van der Waals surface area (Å²) in [6.45, 7) is 1.08. The average molecular weight is 428 g/mol. The second kappa shape index (κ2) is 8.70. The number of carbonyl (C=O) groups excluding carboxylic acids is 1. The van der Waals surface area contributed by atoms with Crippen molar-refractivity contribution in [1.82, 2.24) is 4.98 Å². The van der Waals surface area contributed by atoms with Crippen LogP contribution in [0.4, 0.5) is 11.4 Å². The molecule has 0 spiro atoms. The first-order valence-corrected chi connectivity index (χ1v) is 11.1. The van der Waals surface area contributed by atoms with Crippen LogP contribution in [0.2, 0.25) is 0 Å². The summed E-state index contributed by atoms with van der Waals surface area (Å²) in [6.07, 6.45) is 0. The van der Waals surface area contributed by atoms with Gasteiger partial charge in [0.1, 0.15) is 12.4 Å². The summed E-state index contributed by atoms with van der Waals surface area (Å²) < 4.78 is 5.99. The van der Waals surface area contributed by atoms with E-state index >= 15 is 0 Å². The number of nitrogens with one attached hydrogen (secondary N) is 2. The highest BCUT2D eigenvalue weighted by Crippen LogP contribution is 2.37. The van der Waals surface area contributed by atoms with Gasteiger partial charge in [0.2, 0.25) is 5.91 Å². The predicted octanol–water partition coefficient (Wildman–Crippen LogP) is 5.47. The maximum Gasteiger partial charge on any atom is 0.234 e. The third-order valence-electron chi connectivity index (χ3n) is 5.06.